The largest absolute Gasteiger partial charge is 0.466 e. The summed E-state index contributed by atoms with van der Waals surface area (Å²) in [5, 5.41) is 0. The molecule has 1 aromatic carbocycles. The summed E-state index contributed by atoms with van der Waals surface area (Å²) in [5.41, 5.74) is -2.01. The van der Waals surface area contributed by atoms with E-state index in [2.05, 4.69) is 9.47 Å². The Bertz CT molecular complexity index is 782. The van der Waals surface area contributed by atoms with Crippen molar-refractivity contribution in [1.82, 2.24) is 0 Å². The topological polar surface area (TPSA) is 52.6 Å². The van der Waals surface area contributed by atoms with Crippen molar-refractivity contribution in [3.05, 3.63) is 57.7 Å². The number of esters is 2. The lowest BCUT2D eigenvalue weighted by Gasteiger charge is -2.22. The average Bonchev–Trinajstić information content (AvgIpc) is 2.59. The molecular weight excluding hydrogens is 344 g/mol. The maximum Gasteiger partial charge on any atom is 0.344 e. The Morgan fingerprint density at radius 2 is 1.48 bits per heavy atom. The first kappa shape index (κ1) is 18.7. The summed E-state index contributed by atoms with van der Waals surface area (Å²) in [7, 11) is 1.88. The van der Waals surface area contributed by atoms with Crippen LogP contribution in [-0.2, 0) is 14.3 Å². The maximum atomic E-state index is 14.5. The van der Waals surface area contributed by atoms with Gasteiger partial charge in [-0.3, -0.25) is 0 Å². The standard InChI is InChI=1S/C17H14F4O4/c1-7-4-5-8(16(22)24-2)9(6-7)10-12(18)14(20)11(17(23)25-3)15(21)13(10)19/h5-6,9H,4H2,1-3H3. The molecular formula is C17H14F4O4. The van der Waals surface area contributed by atoms with Crippen LogP contribution in [0.5, 0.6) is 0 Å². The Kier molecular flexibility index (Phi) is 5.30. The van der Waals surface area contributed by atoms with Crippen LogP contribution < -0.4 is 0 Å². The van der Waals surface area contributed by atoms with E-state index in [4.69, 9.17) is 0 Å². The van der Waals surface area contributed by atoms with Gasteiger partial charge >= 0.3 is 11.9 Å². The lowest BCUT2D eigenvalue weighted by molar-refractivity contribution is -0.136. The molecule has 0 aliphatic heterocycles. The molecule has 0 bridgehead atoms. The SMILES string of the molecule is COC(=O)C1=CCC(C)=CC1c1c(F)c(F)c(C(=O)OC)c(F)c1F. The van der Waals surface area contributed by atoms with E-state index in [1.54, 1.807) is 6.92 Å². The number of hydrogen-bond donors (Lipinski definition) is 0. The van der Waals surface area contributed by atoms with Crippen molar-refractivity contribution < 1.29 is 36.6 Å². The van der Waals surface area contributed by atoms with E-state index >= 15 is 0 Å². The van der Waals surface area contributed by atoms with Gasteiger partial charge in [0.15, 0.2) is 23.3 Å². The summed E-state index contributed by atoms with van der Waals surface area (Å²) < 4.78 is 65.9. The molecule has 134 valence electrons. The van der Waals surface area contributed by atoms with E-state index in [9.17, 15) is 27.2 Å². The van der Waals surface area contributed by atoms with Crippen molar-refractivity contribution in [3.8, 4) is 0 Å². The number of halogens is 4. The summed E-state index contributed by atoms with van der Waals surface area (Å²) in [6, 6.07) is 0. The molecule has 1 atom stereocenters. The lowest BCUT2D eigenvalue weighted by atomic mass is 9.83. The van der Waals surface area contributed by atoms with Gasteiger partial charge in [-0.05, 0) is 13.3 Å². The third-order valence-corrected chi connectivity index (χ3v) is 3.85. The second kappa shape index (κ2) is 7.08. The maximum absolute atomic E-state index is 14.5. The van der Waals surface area contributed by atoms with Crippen molar-refractivity contribution in [2.45, 2.75) is 19.3 Å². The van der Waals surface area contributed by atoms with Gasteiger partial charge < -0.3 is 9.47 Å². The van der Waals surface area contributed by atoms with E-state index in [0.29, 0.717) is 12.0 Å². The minimum Gasteiger partial charge on any atom is -0.466 e. The molecule has 0 fully saturated rings. The molecule has 1 unspecified atom stereocenters. The molecule has 4 nitrogen and oxygen atoms in total. The fourth-order valence-electron chi connectivity index (χ4n) is 2.61. The van der Waals surface area contributed by atoms with Gasteiger partial charge in [-0.15, -0.1) is 0 Å². The molecule has 1 aliphatic rings. The number of rotatable bonds is 3. The predicted molar refractivity (Wildman–Crippen MR) is 78.8 cm³/mol. The zero-order valence-electron chi connectivity index (χ0n) is 13.6. The Morgan fingerprint density at radius 1 is 0.960 bits per heavy atom. The van der Waals surface area contributed by atoms with Crippen LogP contribution in [0.25, 0.3) is 0 Å². The summed E-state index contributed by atoms with van der Waals surface area (Å²) in [6.07, 6.45) is 2.99. The molecule has 25 heavy (non-hydrogen) atoms. The Balaban J connectivity index is 2.74. The third kappa shape index (κ3) is 3.16. The highest BCUT2D eigenvalue weighted by molar-refractivity contribution is 5.92. The molecule has 0 heterocycles. The van der Waals surface area contributed by atoms with Crippen LogP contribution in [0.1, 0.15) is 35.2 Å². The zero-order valence-corrected chi connectivity index (χ0v) is 13.6. The van der Waals surface area contributed by atoms with E-state index in [1.807, 2.05) is 0 Å². The number of carbonyl (C=O) groups excluding carboxylic acids is 2. The van der Waals surface area contributed by atoms with Crippen molar-refractivity contribution in [3.63, 3.8) is 0 Å². The normalized spacial score (nSPS) is 16.8. The molecule has 0 amide bonds. The smallest absolute Gasteiger partial charge is 0.344 e. The van der Waals surface area contributed by atoms with Crippen molar-refractivity contribution in [1.29, 1.82) is 0 Å². The molecule has 0 spiro atoms. The Labute approximate surface area is 140 Å². The Morgan fingerprint density at radius 3 is 1.96 bits per heavy atom. The number of methoxy groups -OCH3 is 2. The molecule has 1 aromatic rings. The van der Waals surface area contributed by atoms with Gasteiger partial charge in [-0.2, -0.15) is 0 Å². The van der Waals surface area contributed by atoms with Gasteiger partial charge in [0, 0.05) is 17.1 Å². The molecule has 0 aromatic heterocycles. The van der Waals surface area contributed by atoms with Crippen LogP contribution in [0.2, 0.25) is 0 Å². The number of allylic oxidation sites excluding steroid dienone is 3. The summed E-state index contributed by atoms with van der Waals surface area (Å²) in [4.78, 5) is 23.2. The molecule has 8 heteroatoms. The van der Waals surface area contributed by atoms with Gasteiger partial charge in [-0.25, -0.2) is 27.2 Å². The lowest BCUT2D eigenvalue weighted by Crippen LogP contribution is -2.21. The van der Waals surface area contributed by atoms with Crippen molar-refractivity contribution in [2.75, 3.05) is 14.2 Å². The van der Waals surface area contributed by atoms with Crippen molar-refractivity contribution in [2.24, 2.45) is 0 Å². The second-order valence-corrected chi connectivity index (χ2v) is 5.38. The number of carbonyl (C=O) groups is 2. The molecule has 0 saturated heterocycles. The minimum atomic E-state index is -1.89. The highest BCUT2D eigenvalue weighted by Crippen LogP contribution is 2.38. The summed E-state index contributed by atoms with van der Waals surface area (Å²) >= 11 is 0. The monoisotopic (exact) mass is 358 g/mol. The van der Waals surface area contributed by atoms with Crippen LogP contribution in [-0.4, -0.2) is 26.2 Å². The predicted octanol–water partition coefficient (Wildman–Crippen LogP) is 3.56. The van der Waals surface area contributed by atoms with Crippen LogP contribution >= 0.6 is 0 Å². The number of ether oxygens (including phenoxy) is 2. The molecule has 0 N–H and O–H groups in total. The number of hydrogen-bond acceptors (Lipinski definition) is 4. The fraction of sp³-hybridized carbons (Fsp3) is 0.294. The zero-order chi connectivity index (χ0) is 18.9. The molecule has 0 radical (unpaired) electrons. The van der Waals surface area contributed by atoms with Gasteiger partial charge in [-0.1, -0.05) is 17.7 Å². The highest BCUT2D eigenvalue weighted by atomic mass is 19.2. The Hall–Kier alpha value is -2.64. The van der Waals surface area contributed by atoms with Crippen LogP contribution in [0, 0.1) is 23.3 Å². The first-order valence-electron chi connectivity index (χ1n) is 7.14. The van der Waals surface area contributed by atoms with E-state index in [-0.39, 0.29) is 5.57 Å². The van der Waals surface area contributed by atoms with E-state index in [0.717, 1.165) is 14.2 Å². The highest BCUT2D eigenvalue weighted by Gasteiger charge is 2.36. The van der Waals surface area contributed by atoms with Crippen LogP contribution in [0.4, 0.5) is 17.6 Å². The van der Waals surface area contributed by atoms with E-state index < -0.39 is 52.3 Å². The van der Waals surface area contributed by atoms with Gasteiger partial charge in [0.05, 0.1) is 14.2 Å². The molecule has 0 saturated carbocycles. The van der Waals surface area contributed by atoms with Crippen molar-refractivity contribution >= 4 is 11.9 Å². The average molecular weight is 358 g/mol. The molecule has 1 aliphatic carbocycles. The summed E-state index contributed by atoms with van der Waals surface area (Å²) in [5.74, 6) is -11.2. The van der Waals surface area contributed by atoms with Gasteiger partial charge in [0.1, 0.15) is 5.56 Å². The summed E-state index contributed by atoms with van der Waals surface area (Å²) in [6.45, 7) is 1.63. The minimum absolute atomic E-state index is 0.157. The quantitative estimate of drug-likeness (QED) is 0.359. The van der Waals surface area contributed by atoms with Gasteiger partial charge in [0.25, 0.3) is 0 Å². The fourth-order valence-corrected chi connectivity index (χ4v) is 2.61. The van der Waals surface area contributed by atoms with Crippen LogP contribution in [0.15, 0.2) is 23.3 Å². The van der Waals surface area contributed by atoms with E-state index in [1.165, 1.54) is 12.2 Å². The molecule has 2 rings (SSSR count). The van der Waals surface area contributed by atoms with Gasteiger partial charge in [0.2, 0.25) is 0 Å². The first-order chi connectivity index (χ1) is 11.7. The third-order valence-electron chi connectivity index (χ3n) is 3.85. The second-order valence-electron chi connectivity index (χ2n) is 5.38. The number of benzene rings is 1. The first-order valence-corrected chi connectivity index (χ1v) is 7.14. The van der Waals surface area contributed by atoms with Crippen LogP contribution in [0.3, 0.4) is 0 Å².